The van der Waals surface area contributed by atoms with Gasteiger partial charge in [0, 0.05) is 19.3 Å². The van der Waals surface area contributed by atoms with E-state index in [1.165, 1.54) is 10.9 Å². The van der Waals surface area contributed by atoms with Gasteiger partial charge in [-0.05, 0) is 20.8 Å². The van der Waals surface area contributed by atoms with E-state index in [2.05, 4.69) is 35.8 Å². The van der Waals surface area contributed by atoms with Gasteiger partial charge >= 0.3 is 0 Å². The number of anilines is 1. The van der Waals surface area contributed by atoms with Gasteiger partial charge in [-0.2, -0.15) is 5.10 Å². The highest BCUT2D eigenvalue weighted by Gasteiger charge is 2.47. The molecule has 0 aromatic carbocycles. The van der Waals surface area contributed by atoms with Crippen molar-refractivity contribution in [1.29, 1.82) is 0 Å². The Labute approximate surface area is 171 Å². The molecule has 1 amide bonds. The molecule has 0 bridgehead atoms. The summed E-state index contributed by atoms with van der Waals surface area (Å²) in [6, 6.07) is 0. The van der Waals surface area contributed by atoms with E-state index in [4.69, 9.17) is 4.74 Å². The number of rotatable bonds is 5. The van der Waals surface area contributed by atoms with Crippen LogP contribution in [0.1, 0.15) is 24.5 Å². The average molecular weight is 416 g/mol. The summed E-state index contributed by atoms with van der Waals surface area (Å²) in [5.74, 6) is 0.416. The number of carbonyl (C=O) groups excluding carboxylic acids is 1. The van der Waals surface area contributed by atoms with Crippen LogP contribution < -0.4 is 10.6 Å². The van der Waals surface area contributed by atoms with Crippen molar-refractivity contribution in [2.75, 3.05) is 18.9 Å². The second-order valence-electron chi connectivity index (χ2n) is 7.10. The molecule has 1 aliphatic heterocycles. The van der Waals surface area contributed by atoms with Crippen molar-refractivity contribution in [1.82, 2.24) is 35.0 Å². The minimum atomic E-state index is -1.39. The fraction of sp³-hybridized carbons (Fsp3) is 0.500. The minimum Gasteiger partial charge on any atom is -0.387 e. The Morgan fingerprint density at radius 2 is 2.07 bits per heavy atom. The molecule has 3 aromatic rings. The maximum absolute atomic E-state index is 12.2. The van der Waals surface area contributed by atoms with E-state index in [-0.39, 0.29) is 0 Å². The lowest BCUT2D eigenvalue weighted by Gasteiger charge is -2.17. The molecule has 0 saturated carbocycles. The number of nitrogens with zero attached hydrogens (tertiary/aromatic N) is 5. The van der Waals surface area contributed by atoms with Gasteiger partial charge in [0.25, 0.3) is 5.91 Å². The van der Waals surface area contributed by atoms with Crippen molar-refractivity contribution >= 4 is 22.9 Å². The van der Waals surface area contributed by atoms with E-state index in [1.54, 1.807) is 14.0 Å². The molecule has 160 valence electrons. The van der Waals surface area contributed by atoms with Crippen LogP contribution in [-0.4, -0.2) is 77.7 Å². The Bertz CT molecular complexity index is 1070. The Morgan fingerprint density at radius 1 is 1.30 bits per heavy atom. The van der Waals surface area contributed by atoms with Crippen molar-refractivity contribution in [2.24, 2.45) is 0 Å². The van der Waals surface area contributed by atoms with Crippen LogP contribution in [-0.2, 0) is 9.53 Å². The molecule has 4 rings (SSSR count). The highest BCUT2D eigenvalue weighted by atomic mass is 16.6. The Morgan fingerprint density at radius 3 is 2.70 bits per heavy atom. The number of carbonyl (C=O) groups is 1. The quantitative estimate of drug-likeness (QED) is 0.373. The van der Waals surface area contributed by atoms with Crippen LogP contribution >= 0.6 is 0 Å². The molecule has 0 spiro atoms. The number of amides is 1. The highest BCUT2D eigenvalue weighted by molar-refractivity contribution is 5.86. The molecular weight excluding hydrogens is 392 g/mol. The minimum absolute atomic E-state index is 0.381. The number of imidazole rings is 1. The van der Waals surface area contributed by atoms with Gasteiger partial charge < -0.3 is 25.6 Å². The fourth-order valence-electron chi connectivity index (χ4n) is 3.65. The van der Waals surface area contributed by atoms with Crippen molar-refractivity contribution in [3.8, 4) is 11.4 Å². The predicted molar refractivity (Wildman–Crippen MR) is 107 cm³/mol. The molecule has 0 radical (unpaired) electrons. The maximum atomic E-state index is 12.2. The number of aryl methyl sites for hydroxylation is 2. The summed E-state index contributed by atoms with van der Waals surface area (Å²) in [6.07, 6.45) is -3.53. The number of aliphatic hydroxyl groups is 2. The van der Waals surface area contributed by atoms with Gasteiger partial charge in [0.15, 0.2) is 35.1 Å². The first-order chi connectivity index (χ1) is 14.4. The second kappa shape index (κ2) is 7.63. The number of aliphatic hydroxyl groups excluding tert-OH is 2. The molecule has 4 heterocycles. The van der Waals surface area contributed by atoms with Gasteiger partial charge in [0.05, 0.1) is 17.6 Å². The molecule has 30 heavy (non-hydrogen) atoms. The molecule has 1 aliphatic rings. The summed E-state index contributed by atoms with van der Waals surface area (Å²) < 4.78 is 7.22. The largest absolute Gasteiger partial charge is 0.387 e. The molecule has 1 saturated heterocycles. The lowest BCUT2D eigenvalue weighted by atomic mass is 10.1. The summed E-state index contributed by atoms with van der Waals surface area (Å²) in [5, 5.41) is 33.6. The summed E-state index contributed by atoms with van der Waals surface area (Å²) >= 11 is 0. The van der Waals surface area contributed by atoms with Crippen LogP contribution in [0.5, 0.6) is 0 Å². The first-order valence-electron chi connectivity index (χ1n) is 9.60. The SMILES string of the molecule is CCNC(=O)C1OC(n2cnc3c(NC)nc(-c4c(C)n[nH]c4C)nc32)C(O)C1O. The second-order valence-corrected chi connectivity index (χ2v) is 7.10. The van der Waals surface area contributed by atoms with Gasteiger partial charge in [-0.25, -0.2) is 15.0 Å². The van der Waals surface area contributed by atoms with E-state index in [0.29, 0.717) is 29.4 Å². The number of hydrogen-bond acceptors (Lipinski definition) is 9. The normalized spacial score (nSPS) is 23.8. The fourth-order valence-corrected chi connectivity index (χ4v) is 3.65. The van der Waals surface area contributed by atoms with Crippen molar-refractivity contribution in [3.63, 3.8) is 0 Å². The number of ether oxygens (including phenoxy) is 1. The first-order valence-corrected chi connectivity index (χ1v) is 9.60. The molecule has 4 unspecified atom stereocenters. The third kappa shape index (κ3) is 3.09. The summed E-state index contributed by atoms with van der Waals surface area (Å²) in [5.41, 5.74) is 3.16. The number of nitrogens with one attached hydrogen (secondary N) is 3. The average Bonchev–Trinajstić information content (AvgIpc) is 3.38. The molecule has 0 aliphatic carbocycles. The smallest absolute Gasteiger partial charge is 0.252 e. The molecule has 5 N–H and O–H groups in total. The summed E-state index contributed by atoms with van der Waals surface area (Å²) in [4.78, 5) is 25.7. The molecule has 1 fully saturated rings. The van der Waals surface area contributed by atoms with Crippen molar-refractivity contribution in [2.45, 2.75) is 45.3 Å². The molecule has 3 aromatic heterocycles. The maximum Gasteiger partial charge on any atom is 0.252 e. The monoisotopic (exact) mass is 416 g/mol. The number of H-pyrrole nitrogens is 1. The van der Waals surface area contributed by atoms with Gasteiger partial charge in [0.1, 0.15) is 12.2 Å². The third-order valence-electron chi connectivity index (χ3n) is 5.13. The van der Waals surface area contributed by atoms with Crippen LogP contribution in [0.25, 0.3) is 22.6 Å². The predicted octanol–water partition coefficient (Wildman–Crippen LogP) is -0.370. The number of aromatic nitrogens is 6. The van der Waals surface area contributed by atoms with Gasteiger partial charge in [-0.1, -0.05) is 0 Å². The Hall–Kier alpha value is -3.09. The Kier molecular flexibility index (Phi) is 5.13. The number of hydrogen-bond donors (Lipinski definition) is 5. The first kappa shape index (κ1) is 20.2. The number of likely N-dealkylation sites (N-methyl/N-ethyl adjacent to an activating group) is 1. The van der Waals surface area contributed by atoms with Crippen LogP contribution in [0.2, 0.25) is 0 Å². The van der Waals surface area contributed by atoms with Crippen molar-refractivity contribution < 1.29 is 19.7 Å². The molecule has 12 nitrogen and oxygen atoms in total. The zero-order valence-corrected chi connectivity index (χ0v) is 17.0. The van der Waals surface area contributed by atoms with Crippen LogP contribution in [0.4, 0.5) is 5.82 Å². The molecule has 12 heteroatoms. The topological polar surface area (TPSA) is 163 Å². The van der Waals surface area contributed by atoms with Gasteiger partial charge in [0.2, 0.25) is 0 Å². The van der Waals surface area contributed by atoms with Crippen LogP contribution in [0.15, 0.2) is 6.33 Å². The lowest BCUT2D eigenvalue weighted by molar-refractivity contribution is -0.137. The van der Waals surface area contributed by atoms with E-state index in [9.17, 15) is 15.0 Å². The zero-order chi connectivity index (χ0) is 21.6. The lowest BCUT2D eigenvalue weighted by Crippen LogP contribution is -2.42. The van der Waals surface area contributed by atoms with Crippen LogP contribution in [0.3, 0.4) is 0 Å². The van der Waals surface area contributed by atoms with E-state index in [0.717, 1.165) is 17.0 Å². The standard InChI is InChI=1S/C18H24N8O4/c1-5-20-17(29)13-11(27)12(28)18(30-13)26-6-21-10-15(19-4)22-14(23-16(10)26)9-7(2)24-25-8(9)3/h6,11-13,18,27-28H,5H2,1-4H3,(H,20,29)(H,24,25)(H,19,22,23). The van der Waals surface area contributed by atoms with Crippen molar-refractivity contribution in [3.05, 3.63) is 17.7 Å². The molecule has 4 atom stereocenters. The Balaban J connectivity index is 1.81. The van der Waals surface area contributed by atoms with E-state index >= 15 is 0 Å². The number of aromatic amines is 1. The third-order valence-corrected chi connectivity index (χ3v) is 5.13. The number of fused-ring (bicyclic) bond motifs is 1. The van der Waals surface area contributed by atoms with E-state index in [1.807, 2.05) is 13.8 Å². The van der Waals surface area contributed by atoms with Crippen LogP contribution in [0, 0.1) is 13.8 Å². The van der Waals surface area contributed by atoms with Gasteiger partial charge in [-0.15, -0.1) is 0 Å². The highest BCUT2D eigenvalue weighted by Crippen LogP contribution is 2.34. The zero-order valence-electron chi connectivity index (χ0n) is 17.0. The summed E-state index contributed by atoms with van der Waals surface area (Å²) in [6.45, 7) is 5.86. The van der Waals surface area contributed by atoms with E-state index < -0.39 is 30.4 Å². The summed E-state index contributed by atoms with van der Waals surface area (Å²) in [7, 11) is 1.72. The molecular formula is C18H24N8O4. The van der Waals surface area contributed by atoms with Gasteiger partial charge in [-0.3, -0.25) is 14.5 Å².